The molecule has 1 aromatic rings. The van der Waals surface area contributed by atoms with Crippen molar-refractivity contribution in [2.24, 2.45) is 5.73 Å². The van der Waals surface area contributed by atoms with Crippen molar-refractivity contribution in [2.75, 3.05) is 19.6 Å². The highest BCUT2D eigenvalue weighted by Gasteiger charge is 2.24. The topological polar surface area (TPSA) is 68.2 Å². The third-order valence-electron chi connectivity index (χ3n) is 3.43. The molecular formula is C12H22N4O. The van der Waals surface area contributed by atoms with Crippen LogP contribution in [0.4, 0.5) is 0 Å². The number of rotatable bonds is 6. The van der Waals surface area contributed by atoms with Crippen LogP contribution in [0.15, 0.2) is 4.52 Å². The minimum atomic E-state index is 0.597. The summed E-state index contributed by atoms with van der Waals surface area (Å²) in [6.45, 7) is 5.20. The quantitative estimate of drug-likeness (QED) is 0.800. The lowest BCUT2D eigenvalue weighted by Crippen LogP contribution is -2.31. The third-order valence-corrected chi connectivity index (χ3v) is 3.43. The molecule has 1 unspecified atom stereocenters. The molecule has 5 heteroatoms. The molecule has 96 valence electrons. The number of likely N-dealkylation sites (tertiary alicyclic amines) is 1. The predicted molar refractivity (Wildman–Crippen MR) is 65.6 cm³/mol. The molecule has 5 nitrogen and oxygen atoms in total. The molecule has 0 saturated carbocycles. The van der Waals surface area contributed by atoms with E-state index in [-0.39, 0.29) is 0 Å². The summed E-state index contributed by atoms with van der Waals surface area (Å²) in [5, 5.41) is 4.05. The van der Waals surface area contributed by atoms with E-state index in [2.05, 4.69) is 22.0 Å². The Balaban J connectivity index is 1.87. The zero-order chi connectivity index (χ0) is 12.1. The largest absolute Gasteiger partial charge is 0.339 e. The van der Waals surface area contributed by atoms with Gasteiger partial charge < -0.3 is 15.2 Å². The van der Waals surface area contributed by atoms with E-state index in [9.17, 15) is 0 Å². The van der Waals surface area contributed by atoms with Gasteiger partial charge in [-0.25, -0.2) is 0 Å². The highest BCUT2D eigenvalue weighted by molar-refractivity contribution is 4.93. The summed E-state index contributed by atoms with van der Waals surface area (Å²) in [6, 6.07) is 0.597. The van der Waals surface area contributed by atoms with Crippen molar-refractivity contribution in [2.45, 2.75) is 45.1 Å². The molecular weight excluding hydrogens is 216 g/mol. The highest BCUT2D eigenvalue weighted by atomic mass is 16.5. The molecule has 0 bridgehead atoms. The molecule has 0 radical (unpaired) electrons. The Morgan fingerprint density at radius 2 is 2.41 bits per heavy atom. The molecule has 1 aliphatic heterocycles. The van der Waals surface area contributed by atoms with Crippen molar-refractivity contribution in [1.82, 2.24) is 15.0 Å². The molecule has 17 heavy (non-hydrogen) atoms. The van der Waals surface area contributed by atoms with Gasteiger partial charge in [-0.05, 0) is 38.9 Å². The molecule has 1 aliphatic rings. The summed E-state index contributed by atoms with van der Waals surface area (Å²) in [5.41, 5.74) is 5.45. The van der Waals surface area contributed by atoms with E-state index in [0.29, 0.717) is 12.6 Å². The van der Waals surface area contributed by atoms with Gasteiger partial charge in [-0.15, -0.1) is 0 Å². The molecule has 2 rings (SSSR count). The van der Waals surface area contributed by atoms with E-state index in [4.69, 9.17) is 10.3 Å². The van der Waals surface area contributed by atoms with Gasteiger partial charge in [0, 0.05) is 18.9 Å². The first kappa shape index (κ1) is 12.5. The fourth-order valence-corrected chi connectivity index (χ4v) is 2.48. The van der Waals surface area contributed by atoms with Crippen molar-refractivity contribution in [3.05, 3.63) is 11.7 Å². The van der Waals surface area contributed by atoms with Crippen LogP contribution in [-0.4, -0.2) is 40.7 Å². The average Bonchev–Trinajstić information content (AvgIpc) is 2.96. The fourth-order valence-electron chi connectivity index (χ4n) is 2.48. The Morgan fingerprint density at radius 3 is 3.18 bits per heavy atom. The molecule has 2 heterocycles. The zero-order valence-corrected chi connectivity index (χ0v) is 10.6. The van der Waals surface area contributed by atoms with Gasteiger partial charge in [0.2, 0.25) is 5.89 Å². The number of hydrogen-bond acceptors (Lipinski definition) is 5. The lowest BCUT2D eigenvalue weighted by molar-refractivity contribution is 0.261. The van der Waals surface area contributed by atoms with Crippen LogP contribution in [0.2, 0.25) is 0 Å². The third kappa shape index (κ3) is 3.26. The van der Waals surface area contributed by atoms with Crippen LogP contribution in [0, 0.1) is 0 Å². The van der Waals surface area contributed by atoms with Crippen LogP contribution in [0.1, 0.15) is 37.9 Å². The maximum atomic E-state index is 5.45. The standard InChI is InChI=1S/C12H22N4O/c1-2-16-8-4-5-10(16)9-11-14-12(17-15-11)6-3-7-13/h10H,2-9,13H2,1H3. The minimum Gasteiger partial charge on any atom is -0.339 e. The van der Waals surface area contributed by atoms with Crippen molar-refractivity contribution in [3.63, 3.8) is 0 Å². The normalized spacial score (nSPS) is 21.2. The van der Waals surface area contributed by atoms with E-state index in [1.165, 1.54) is 19.4 Å². The molecule has 1 saturated heterocycles. The molecule has 1 aromatic heterocycles. The van der Waals surface area contributed by atoms with Gasteiger partial charge in [0.1, 0.15) is 0 Å². The first-order valence-electron chi connectivity index (χ1n) is 6.59. The fraction of sp³-hybridized carbons (Fsp3) is 0.833. The van der Waals surface area contributed by atoms with E-state index >= 15 is 0 Å². The molecule has 0 amide bonds. The van der Waals surface area contributed by atoms with Crippen LogP contribution < -0.4 is 5.73 Å². The van der Waals surface area contributed by atoms with E-state index in [1.54, 1.807) is 0 Å². The minimum absolute atomic E-state index is 0.597. The summed E-state index contributed by atoms with van der Waals surface area (Å²) in [6.07, 6.45) is 5.16. The van der Waals surface area contributed by atoms with Crippen molar-refractivity contribution < 1.29 is 4.52 Å². The van der Waals surface area contributed by atoms with Crippen LogP contribution in [0.25, 0.3) is 0 Å². The van der Waals surface area contributed by atoms with Gasteiger partial charge in [0.15, 0.2) is 5.82 Å². The van der Waals surface area contributed by atoms with E-state index in [0.717, 1.165) is 37.5 Å². The van der Waals surface area contributed by atoms with Gasteiger partial charge in [-0.2, -0.15) is 4.98 Å². The second kappa shape index (κ2) is 6.12. The van der Waals surface area contributed by atoms with Crippen molar-refractivity contribution in [1.29, 1.82) is 0 Å². The van der Waals surface area contributed by atoms with Gasteiger partial charge in [0.25, 0.3) is 0 Å². The Kier molecular flexibility index (Phi) is 4.50. The van der Waals surface area contributed by atoms with Crippen LogP contribution >= 0.6 is 0 Å². The number of hydrogen-bond donors (Lipinski definition) is 1. The Labute approximate surface area is 102 Å². The van der Waals surface area contributed by atoms with Crippen LogP contribution in [0.5, 0.6) is 0 Å². The van der Waals surface area contributed by atoms with E-state index < -0.39 is 0 Å². The number of aromatic nitrogens is 2. The molecule has 0 aliphatic carbocycles. The summed E-state index contributed by atoms with van der Waals surface area (Å²) in [7, 11) is 0. The Bertz CT molecular complexity index is 339. The Hall–Kier alpha value is -0.940. The lowest BCUT2D eigenvalue weighted by Gasteiger charge is -2.20. The second-order valence-corrected chi connectivity index (χ2v) is 4.63. The molecule has 0 aromatic carbocycles. The van der Waals surface area contributed by atoms with Gasteiger partial charge >= 0.3 is 0 Å². The summed E-state index contributed by atoms with van der Waals surface area (Å²) < 4.78 is 5.21. The van der Waals surface area contributed by atoms with Crippen LogP contribution in [0.3, 0.4) is 0 Å². The lowest BCUT2D eigenvalue weighted by atomic mass is 10.1. The number of nitrogens with two attached hydrogens (primary N) is 1. The first-order chi connectivity index (χ1) is 8.33. The van der Waals surface area contributed by atoms with Gasteiger partial charge in [-0.1, -0.05) is 12.1 Å². The summed E-state index contributed by atoms with van der Waals surface area (Å²) >= 11 is 0. The SMILES string of the molecule is CCN1CCCC1Cc1noc(CCCN)n1. The maximum absolute atomic E-state index is 5.45. The molecule has 1 fully saturated rings. The highest BCUT2D eigenvalue weighted by Crippen LogP contribution is 2.19. The maximum Gasteiger partial charge on any atom is 0.226 e. The summed E-state index contributed by atoms with van der Waals surface area (Å²) in [5.74, 6) is 1.58. The van der Waals surface area contributed by atoms with Gasteiger partial charge in [0.05, 0.1) is 0 Å². The number of nitrogens with zero attached hydrogens (tertiary/aromatic N) is 3. The predicted octanol–water partition coefficient (Wildman–Crippen LogP) is 0.988. The van der Waals surface area contributed by atoms with E-state index in [1.807, 2.05) is 0 Å². The number of aryl methyl sites for hydroxylation is 1. The summed E-state index contributed by atoms with van der Waals surface area (Å²) in [4.78, 5) is 6.92. The molecule has 1 atom stereocenters. The average molecular weight is 238 g/mol. The van der Waals surface area contributed by atoms with Gasteiger partial charge in [-0.3, -0.25) is 0 Å². The number of likely N-dealkylation sites (N-methyl/N-ethyl adjacent to an activating group) is 1. The van der Waals surface area contributed by atoms with Crippen LogP contribution in [-0.2, 0) is 12.8 Å². The molecule has 2 N–H and O–H groups in total. The smallest absolute Gasteiger partial charge is 0.226 e. The monoisotopic (exact) mass is 238 g/mol. The van der Waals surface area contributed by atoms with Crippen molar-refractivity contribution >= 4 is 0 Å². The molecule has 0 spiro atoms. The Morgan fingerprint density at radius 1 is 1.53 bits per heavy atom. The first-order valence-corrected chi connectivity index (χ1v) is 6.59. The second-order valence-electron chi connectivity index (χ2n) is 4.63. The van der Waals surface area contributed by atoms with Crippen molar-refractivity contribution in [3.8, 4) is 0 Å². The zero-order valence-electron chi connectivity index (χ0n) is 10.6.